The van der Waals surface area contributed by atoms with Gasteiger partial charge in [0.1, 0.15) is 0 Å². The molecule has 0 radical (unpaired) electrons. The van der Waals surface area contributed by atoms with Crippen LogP contribution in [-0.4, -0.2) is 30.8 Å². The molecule has 0 heterocycles. The fraction of sp³-hybridized carbons (Fsp3) is 0.870. The third-order valence-electron chi connectivity index (χ3n) is 9.43. The molecule has 2 nitrogen and oxygen atoms in total. The Balaban J connectivity index is 1.62. The Kier molecular flexibility index (Phi) is 4.22. The van der Waals surface area contributed by atoms with E-state index >= 15 is 0 Å². The Hall–Kier alpha value is -0.630. The Morgan fingerprint density at radius 2 is 1.80 bits per heavy atom. The Labute approximate surface area is 154 Å². The van der Waals surface area contributed by atoms with Gasteiger partial charge in [-0.1, -0.05) is 19.4 Å². The summed E-state index contributed by atoms with van der Waals surface area (Å²) >= 11 is 0. The predicted octanol–water partition coefficient (Wildman–Crippen LogP) is 5.08. The summed E-state index contributed by atoms with van der Waals surface area (Å²) < 4.78 is 0. The van der Waals surface area contributed by atoms with Crippen molar-refractivity contribution >= 4 is 5.78 Å². The first-order chi connectivity index (χ1) is 11.8. The van der Waals surface area contributed by atoms with Gasteiger partial charge in [0.15, 0.2) is 5.78 Å². The van der Waals surface area contributed by atoms with Crippen molar-refractivity contribution in [3.8, 4) is 0 Å². The lowest BCUT2D eigenvalue weighted by Gasteiger charge is -2.58. The zero-order valence-corrected chi connectivity index (χ0v) is 17.0. The van der Waals surface area contributed by atoms with E-state index in [1.165, 1.54) is 44.1 Å². The van der Waals surface area contributed by atoms with Crippen LogP contribution in [0, 0.1) is 34.5 Å². The van der Waals surface area contributed by atoms with Crippen LogP contribution in [-0.2, 0) is 4.79 Å². The highest BCUT2D eigenvalue weighted by Crippen LogP contribution is 2.67. The zero-order valence-electron chi connectivity index (χ0n) is 17.0. The summed E-state index contributed by atoms with van der Waals surface area (Å²) in [7, 11) is 4.51. The van der Waals surface area contributed by atoms with Gasteiger partial charge in [-0.25, -0.2) is 0 Å². The summed E-state index contributed by atoms with van der Waals surface area (Å²) in [6.45, 7) is 7.57. The highest BCUT2D eigenvalue weighted by atomic mass is 16.1. The standard InChI is InChI=1S/C23H37NO/c1-15(24(4)5)19-8-9-20-18-7-6-16-14-17(25)10-12-22(16,2)21(18)11-13-23(19,20)3/h14-15,18-21H,6-13H2,1-5H3/t15-,18+,19-,20+,21+,22+,23-/m1/s1. The highest BCUT2D eigenvalue weighted by Gasteiger charge is 2.59. The summed E-state index contributed by atoms with van der Waals surface area (Å²) in [5.74, 6) is 3.87. The molecule has 140 valence electrons. The molecule has 2 heteroatoms. The van der Waals surface area contributed by atoms with Crippen LogP contribution in [0.3, 0.4) is 0 Å². The second-order valence-electron chi connectivity index (χ2n) is 10.4. The van der Waals surface area contributed by atoms with Gasteiger partial charge in [0, 0.05) is 12.5 Å². The minimum absolute atomic E-state index is 0.323. The van der Waals surface area contributed by atoms with E-state index in [4.69, 9.17) is 0 Å². The number of carbonyl (C=O) groups excluding carboxylic acids is 1. The zero-order chi connectivity index (χ0) is 18.0. The number of ketones is 1. The first kappa shape index (κ1) is 17.8. The smallest absolute Gasteiger partial charge is 0.155 e. The molecule has 0 bridgehead atoms. The lowest BCUT2D eigenvalue weighted by molar-refractivity contribution is -0.117. The number of nitrogens with zero attached hydrogens (tertiary/aromatic N) is 1. The third-order valence-corrected chi connectivity index (χ3v) is 9.43. The predicted molar refractivity (Wildman–Crippen MR) is 103 cm³/mol. The maximum Gasteiger partial charge on any atom is 0.155 e. The quantitative estimate of drug-likeness (QED) is 0.696. The molecule has 7 atom stereocenters. The summed E-state index contributed by atoms with van der Waals surface area (Å²) in [4.78, 5) is 14.4. The topological polar surface area (TPSA) is 20.3 Å². The van der Waals surface area contributed by atoms with Gasteiger partial charge < -0.3 is 4.90 Å². The van der Waals surface area contributed by atoms with E-state index in [9.17, 15) is 4.79 Å². The maximum absolute atomic E-state index is 12.0. The second-order valence-corrected chi connectivity index (χ2v) is 10.4. The van der Waals surface area contributed by atoms with Crippen LogP contribution in [0.2, 0.25) is 0 Å². The number of carbonyl (C=O) groups is 1. The minimum atomic E-state index is 0.323. The van der Waals surface area contributed by atoms with Crippen LogP contribution in [0.15, 0.2) is 11.6 Å². The van der Waals surface area contributed by atoms with Gasteiger partial charge in [0.2, 0.25) is 0 Å². The number of hydrogen-bond acceptors (Lipinski definition) is 2. The van der Waals surface area contributed by atoms with Crippen molar-refractivity contribution in [1.82, 2.24) is 4.90 Å². The van der Waals surface area contributed by atoms with Crippen LogP contribution in [0.5, 0.6) is 0 Å². The fourth-order valence-electron chi connectivity index (χ4n) is 7.75. The van der Waals surface area contributed by atoms with Gasteiger partial charge in [-0.05, 0) is 107 Å². The summed E-state index contributed by atoms with van der Waals surface area (Å²) in [5.41, 5.74) is 2.36. The molecule has 0 aliphatic heterocycles. The molecular formula is C23H37NO. The molecule has 4 aliphatic carbocycles. The average Bonchev–Trinajstić information content (AvgIpc) is 2.92. The monoisotopic (exact) mass is 343 g/mol. The van der Waals surface area contributed by atoms with Crippen molar-refractivity contribution in [1.29, 1.82) is 0 Å². The Morgan fingerprint density at radius 3 is 2.52 bits per heavy atom. The number of fused-ring (bicyclic) bond motifs is 5. The van der Waals surface area contributed by atoms with Gasteiger partial charge in [-0.2, -0.15) is 0 Å². The lowest BCUT2D eigenvalue weighted by Crippen LogP contribution is -2.52. The van der Waals surface area contributed by atoms with Crippen LogP contribution in [0.25, 0.3) is 0 Å². The molecule has 4 aliphatic rings. The summed E-state index contributed by atoms with van der Waals surface area (Å²) in [5, 5.41) is 0. The molecule has 0 spiro atoms. The normalized spacial score (nSPS) is 47.8. The van der Waals surface area contributed by atoms with E-state index < -0.39 is 0 Å². The van der Waals surface area contributed by atoms with Crippen LogP contribution in [0.1, 0.15) is 72.1 Å². The molecular weight excluding hydrogens is 306 g/mol. The van der Waals surface area contributed by atoms with E-state index in [-0.39, 0.29) is 0 Å². The SMILES string of the molecule is C[C@H]([C@H]1CC[C@H]2[C@@H]3CCC4=CC(=O)CC[C@]4(C)[C@H]3CC[C@]12C)N(C)C. The van der Waals surface area contributed by atoms with Gasteiger partial charge in [0.25, 0.3) is 0 Å². The number of allylic oxidation sites excluding steroid dienone is 1. The molecule has 0 aromatic heterocycles. The minimum Gasteiger partial charge on any atom is -0.306 e. The van der Waals surface area contributed by atoms with Crippen LogP contribution < -0.4 is 0 Å². The van der Waals surface area contributed by atoms with Crippen molar-refractivity contribution in [3.63, 3.8) is 0 Å². The molecule has 0 amide bonds. The molecule has 0 unspecified atom stereocenters. The van der Waals surface area contributed by atoms with Gasteiger partial charge in [-0.15, -0.1) is 0 Å². The van der Waals surface area contributed by atoms with Crippen LogP contribution in [0.4, 0.5) is 0 Å². The third kappa shape index (κ3) is 2.50. The van der Waals surface area contributed by atoms with E-state index in [1.54, 1.807) is 0 Å². The van der Waals surface area contributed by atoms with E-state index in [1.807, 2.05) is 6.08 Å². The number of hydrogen-bond donors (Lipinski definition) is 0. The Morgan fingerprint density at radius 1 is 1.04 bits per heavy atom. The maximum atomic E-state index is 12.0. The van der Waals surface area contributed by atoms with Crippen molar-refractivity contribution < 1.29 is 4.79 Å². The van der Waals surface area contributed by atoms with Gasteiger partial charge >= 0.3 is 0 Å². The molecule has 0 aromatic carbocycles. The number of rotatable bonds is 2. The van der Waals surface area contributed by atoms with Crippen molar-refractivity contribution in [2.45, 2.75) is 78.2 Å². The van der Waals surface area contributed by atoms with E-state index in [0.29, 0.717) is 22.7 Å². The van der Waals surface area contributed by atoms with Crippen molar-refractivity contribution in [3.05, 3.63) is 11.6 Å². The van der Waals surface area contributed by atoms with Crippen molar-refractivity contribution in [2.75, 3.05) is 14.1 Å². The first-order valence-electron chi connectivity index (χ1n) is 10.7. The van der Waals surface area contributed by atoms with Gasteiger partial charge in [0.05, 0.1) is 0 Å². The molecule has 0 N–H and O–H groups in total. The van der Waals surface area contributed by atoms with Crippen molar-refractivity contribution in [2.24, 2.45) is 34.5 Å². The van der Waals surface area contributed by atoms with E-state index in [2.05, 4.69) is 39.8 Å². The summed E-state index contributed by atoms with van der Waals surface area (Å²) in [6.07, 6.45) is 12.1. The van der Waals surface area contributed by atoms with Crippen LogP contribution >= 0.6 is 0 Å². The van der Waals surface area contributed by atoms with Gasteiger partial charge in [-0.3, -0.25) is 4.79 Å². The fourth-order valence-corrected chi connectivity index (χ4v) is 7.75. The second kappa shape index (κ2) is 5.94. The largest absolute Gasteiger partial charge is 0.306 e. The Bertz CT molecular complexity index is 593. The highest BCUT2D eigenvalue weighted by molar-refractivity contribution is 5.91. The molecule has 0 aromatic rings. The lowest BCUT2D eigenvalue weighted by atomic mass is 9.46. The first-order valence-corrected chi connectivity index (χ1v) is 10.7. The van der Waals surface area contributed by atoms with E-state index in [0.717, 1.165) is 36.5 Å². The molecule has 25 heavy (non-hydrogen) atoms. The summed E-state index contributed by atoms with van der Waals surface area (Å²) in [6, 6.07) is 0.688. The average molecular weight is 344 g/mol. The molecule has 4 rings (SSSR count). The molecule has 3 fully saturated rings. The molecule has 3 saturated carbocycles. The molecule has 0 saturated heterocycles.